The molecule has 6 rings (SSSR count). The van der Waals surface area contributed by atoms with Gasteiger partial charge in [-0.25, -0.2) is 9.37 Å². The number of rotatable bonds is 5. The highest BCUT2D eigenvalue weighted by Crippen LogP contribution is 2.30. The van der Waals surface area contributed by atoms with E-state index < -0.39 is 0 Å². The molecular formula is C25H21FN6OS. The van der Waals surface area contributed by atoms with Crippen LogP contribution in [-0.4, -0.2) is 47.8 Å². The summed E-state index contributed by atoms with van der Waals surface area (Å²) in [5.41, 5.74) is 5.28. The highest BCUT2D eigenvalue weighted by molar-refractivity contribution is 7.14. The number of halogens is 1. The first-order chi connectivity index (χ1) is 16.7. The molecule has 170 valence electrons. The van der Waals surface area contributed by atoms with Crippen LogP contribution in [-0.2, 0) is 6.54 Å². The van der Waals surface area contributed by atoms with Crippen molar-refractivity contribution in [3.05, 3.63) is 83.9 Å². The smallest absolute Gasteiger partial charge is 0.275 e. The van der Waals surface area contributed by atoms with Gasteiger partial charge >= 0.3 is 0 Å². The summed E-state index contributed by atoms with van der Waals surface area (Å²) >= 11 is 1.37. The van der Waals surface area contributed by atoms with Gasteiger partial charge in [-0.3, -0.25) is 9.48 Å². The average molecular weight is 473 g/mol. The third kappa shape index (κ3) is 3.67. The van der Waals surface area contributed by atoms with Crippen LogP contribution in [0.15, 0.2) is 72.4 Å². The molecule has 9 heteroatoms. The second-order valence-corrected chi connectivity index (χ2v) is 9.14. The normalized spacial score (nSPS) is 15.9. The molecule has 1 saturated heterocycles. The second kappa shape index (κ2) is 8.49. The van der Waals surface area contributed by atoms with Crippen LogP contribution in [0.4, 0.5) is 4.39 Å². The van der Waals surface area contributed by atoms with E-state index in [9.17, 15) is 9.18 Å². The Hall–Kier alpha value is -3.85. The third-order valence-electron chi connectivity index (χ3n) is 6.21. The quantitative estimate of drug-likeness (QED) is 0.370. The van der Waals surface area contributed by atoms with Crippen molar-refractivity contribution in [2.45, 2.75) is 25.4 Å². The predicted molar refractivity (Wildman–Crippen MR) is 128 cm³/mol. The van der Waals surface area contributed by atoms with Crippen molar-refractivity contribution in [2.75, 3.05) is 6.54 Å². The number of fused-ring (bicyclic) bond motifs is 1. The van der Waals surface area contributed by atoms with Gasteiger partial charge in [-0.05, 0) is 43.2 Å². The summed E-state index contributed by atoms with van der Waals surface area (Å²) < 4.78 is 17.0. The van der Waals surface area contributed by atoms with Gasteiger partial charge in [0.1, 0.15) is 17.0 Å². The molecular weight excluding hydrogens is 451 g/mol. The molecule has 0 unspecified atom stereocenters. The van der Waals surface area contributed by atoms with Crippen molar-refractivity contribution in [3.63, 3.8) is 0 Å². The van der Waals surface area contributed by atoms with Crippen LogP contribution in [0.2, 0.25) is 0 Å². The van der Waals surface area contributed by atoms with E-state index in [1.54, 1.807) is 22.2 Å². The van der Waals surface area contributed by atoms with Crippen LogP contribution in [0.25, 0.3) is 27.5 Å². The maximum Gasteiger partial charge on any atom is 0.275 e. The third-order valence-corrected chi connectivity index (χ3v) is 6.89. The van der Waals surface area contributed by atoms with Gasteiger partial charge < -0.3 is 4.90 Å². The van der Waals surface area contributed by atoms with Gasteiger partial charge in [0, 0.05) is 23.9 Å². The predicted octanol–water partition coefficient (Wildman–Crippen LogP) is 4.77. The molecule has 5 aromatic rings. The Labute approximate surface area is 199 Å². The number of hydrogen-bond acceptors (Lipinski definition) is 5. The van der Waals surface area contributed by atoms with Gasteiger partial charge in [-0.1, -0.05) is 41.7 Å². The number of likely N-dealkylation sites (tertiary alicyclic amines) is 1. The molecule has 0 spiro atoms. The first-order valence-electron chi connectivity index (χ1n) is 11.2. The number of imidazole rings is 1. The topological polar surface area (TPSA) is 68.3 Å². The minimum absolute atomic E-state index is 0.0151. The van der Waals surface area contributed by atoms with Crippen molar-refractivity contribution < 1.29 is 9.18 Å². The van der Waals surface area contributed by atoms with Crippen LogP contribution in [0.5, 0.6) is 0 Å². The van der Waals surface area contributed by atoms with E-state index in [1.807, 2.05) is 52.2 Å². The molecule has 0 saturated carbocycles. The molecule has 0 N–H and O–H groups in total. The molecule has 34 heavy (non-hydrogen) atoms. The van der Waals surface area contributed by atoms with E-state index in [2.05, 4.69) is 10.1 Å². The number of nitrogens with zero attached hydrogens (tertiary/aromatic N) is 6. The molecule has 1 aliphatic heterocycles. The van der Waals surface area contributed by atoms with Gasteiger partial charge in [-0.2, -0.15) is 14.7 Å². The fourth-order valence-corrected chi connectivity index (χ4v) is 5.18. The summed E-state index contributed by atoms with van der Waals surface area (Å²) in [6.45, 7) is 1.28. The summed E-state index contributed by atoms with van der Waals surface area (Å²) in [5.74, 6) is -0.444. The Morgan fingerprint density at radius 3 is 2.71 bits per heavy atom. The Morgan fingerprint density at radius 2 is 1.88 bits per heavy atom. The molecule has 1 amide bonds. The summed E-state index contributed by atoms with van der Waals surface area (Å²) in [4.78, 5) is 21.0. The zero-order valence-corrected chi connectivity index (χ0v) is 19.0. The first-order valence-corrected chi connectivity index (χ1v) is 12.0. The number of hydrogen-bond donors (Lipinski definition) is 0. The summed E-state index contributed by atoms with van der Waals surface area (Å²) in [6, 6.07) is 18.1. The number of aromatic nitrogens is 5. The molecule has 0 radical (unpaired) electrons. The van der Waals surface area contributed by atoms with Crippen LogP contribution < -0.4 is 0 Å². The zero-order valence-electron chi connectivity index (χ0n) is 18.2. The zero-order chi connectivity index (χ0) is 23.1. The molecule has 2 aromatic carbocycles. The molecule has 1 aliphatic rings. The Morgan fingerprint density at radius 1 is 1.06 bits per heavy atom. The van der Waals surface area contributed by atoms with Crippen LogP contribution >= 0.6 is 11.3 Å². The first kappa shape index (κ1) is 20.7. The maximum absolute atomic E-state index is 13.8. The number of carbonyl (C=O) groups excluding carboxylic acids is 1. The van der Waals surface area contributed by atoms with Crippen molar-refractivity contribution >= 4 is 22.2 Å². The summed E-state index contributed by atoms with van der Waals surface area (Å²) in [5, 5.41) is 9.08. The number of amides is 1. The van der Waals surface area contributed by atoms with E-state index in [-0.39, 0.29) is 17.8 Å². The van der Waals surface area contributed by atoms with Gasteiger partial charge in [0.15, 0.2) is 5.69 Å². The number of carbonyl (C=O) groups is 1. The second-order valence-electron chi connectivity index (χ2n) is 8.33. The van der Waals surface area contributed by atoms with E-state index in [1.165, 1.54) is 23.5 Å². The van der Waals surface area contributed by atoms with Gasteiger partial charge in [-0.15, -0.1) is 0 Å². The molecule has 1 fully saturated rings. The molecule has 0 aliphatic carbocycles. The lowest BCUT2D eigenvalue weighted by molar-refractivity contribution is 0.0714. The van der Waals surface area contributed by atoms with Gasteiger partial charge in [0.25, 0.3) is 5.91 Å². The van der Waals surface area contributed by atoms with Crippen molar-refractivity contribution in [2.24, 2.45) is 0 Å². The molecule has 1 atom stereocenters. The van der Waals surface area contributed by atoms with Crippen molar-refractivity contribution in [1.82, 2.24) is 29.3 Å². The van der Waals surface area contributed by atoms with Crippen LogP contribution in [0.3, 0.4) is 0 Å². The van der Waals surface area contributed by atoms with E-state index in [0.29, 0.717) is 35.0 Å². The fourth-order valence-electron chi connectivity index (χ4n) is 4.57. The molecule has 3 aromatic heterocycles. The SMILES string of the molecule is O=C(c1c(-c2ccc(F)cc2)nc2scnn12)N1CCC[C@H]1Cn1ccc(-c2ccccc2)n1. The standard InChI is InChI=1S/C25H21FN6OS/c26-19-10-8-18(9-11-19)22-23(32-25(28-22)34-16-27-32)24(33)31-13-4-7-20(31)15-30-14-12-21(29-30)17-5-2-1-3-6-17/h1-3,5-6,8-12,14,16,20H,4,7,13,15H2/t20-/m0/s1. The molecule has 4 heterocycles. The lowest BCUT2D eigenvalue weighted by Gasteiger charge is -2.24. The highest BCUT2D eigenvalue weighted by atomic mass is 32.1. The lowest BCUT2D eigenvalue weighted by Crippen LogP contribution is -2.39. The Balaban J connectivity index is 1.30. The van der Waals surface area contributed by atoms with Gasteiger partial charge in [0.05, 0.1) is 18.3 Å². The lowest BCUT2D eigenvalue weighted by atomic mass is 10.1. The Kier molecular flexibility index (Phi) is 5.18. The fraction of sp³-hybridized carbons (Fsp3) is 0.200. The largest absolute Gasteiger partial charge is 0.332 e. The maximum atomic E-state index is 13.8. The minimum Gasteiger partial charge on any atom is -0.332 e. The van der Waals surface area contributed by atoms with Crippen molar-refractivity contribution in [1.29, 1.82) is 0 Å². The van der Waals surface area contributed by atoms with E-state index in [4.69, 9.17) is 5.10 Å². The van der Waals surface area contributed by atoms with E-state index in [0.717, 1.165) is 24.1 Å². The molecule has 7 nitrogen and oxygen atoms in total. The summed E-state index contributed by atoms with van der Waals surface area (Å²) in [6.07, 6.45) is 3.79. The van der Waals surface area contributed by atoms with E-state index >= 15 is 0 Å². The minimum atomic E-state index is -0.329. The highest BCUT2D eigenvalue weighted by Gasteiger charge is 2.34. The molecule has 0 bridgehead atoms. The van der Waals surface area contributed by atoms with Crippen molar-refractivity contribution in [3.8, 4) is 22.5 Å². The monoisotopic (exact) mass is 472 g/mol. The van der Waals surface area contributed by atoms with Crippen LogP contribution in [0.1, 0.15) is 23.3 Å². The Bertz CT molecular complexity index is 1460. The summed E-state index contributed by atoms with van der Waals surface area (Å²) in [7, 11) is 0. The van der Waals surface area contributed by atoms with Crippen LogP contribution in [0, 0.1) is 5.82 Å². The number of benzene rings is 2. The average Bonchev–Trinajstić information content (AvgIpc) is 3.64. The van der Waals surface area contributed by atoms with Gasteiger partial charge in [0.2, 0.25) is 4.96 Å².